The van der Waals surface area contributed by atoms with Gasteiger partial charge in [0.2, 0.25) is 0 Å². The number of hydrogen-bond donors (Lipinski definition) is 0. The molecule has 136 valence electrons. The lowest BCUT2D eigenvalue weighted by Crippen LogP contribution is -1.98. The van der Waals surface area contributed by atoms with Crippen LogP contribution in [0, 0.1) is 0 Å². The summed E-state index contributed by atoms with van der Waals surface area (Å²) in [6, 6.07) is 0. The van der Waals surface area contributed by atoms with Crippen LogP contribution >= 0.6 is 37.0 Å². The zero-order valence-corrected chi connectivity index (χ0v) is 18.9. The van der Waals surface area contributed by atoms with Crippen molar-refractivity contribution in [1.29, 1.82) is 0 Å². The largest absolute Gasteiger partial charge is 0.326 e. The molecule has 0 rings (SSSR count). The number of rotatable bonds is 12. The molecule has 12 heteroatoms. The van der Waals surface area contributed by atoms with Crippen LogP contribution in [0.25, 0.3) is 0 Å². The van der Waals surface area contributed by atoms with Gasteiger partial charge >= 0.3 is 13.4 Å². The molecule has 0 radical (unpaired) electrons. The molecule has 0 heterocycles. The van der Waals surface area contributed by atoms with Crippen LogP contribution in [0.3, 0.4) is 0 Å². The maximum atomic E-state index is 5.23. The van der Waals surface area contributed by atoms with Crippen LogP contribution in [0.2, 0.25) is 0 Å². The van der Waals surface area contributed by atoms with Gasteiger partial charge in [-0.1, -0.05) is 0 Å². The van der Waals surface area contributed by atoms with E-state index in [9.17, 15) is 0 Å². The van der Waals surface area contributed by atoms with Crippen LogP contribution in [0.15, 0.2) is 0 Å². The third-order valence-corrected chi connectivity index (χ3v) is 8.33. The Morgan fingerprint density at radius 3 is 1.14 bits per heavy atom. The smallest absolute Gasteiger partial charge is 0.312 e. The van der Waals surface area contributed by atoms with Gasteiger partial charge in [0.05, 0.1) is 13.2 Å². The fourth-order valence-corrected chi connectivity index (χ4v) is 3.37. The molecule has 0 aromatic rings. The first kappa shape index (κ1) is 26.0. The lowest BCUT2D eigenvalue weighted by atomic mass is 10.9. The first-order valence-electron chi connectivity index (χ1n) is 6.06. The zero-order valence-electron chi connectivity index (χ0n) is 13.8. The zero-order chi connectivity index (χ0) is 17.5. The molecule has 0 bridgehead atoms. The van der Waals surface area contributed by atoms with E-state index in [1.165, 1.54) is 28.4 Å². The predicted molar refractivity (Wildman–Crippen MR) is 105 cm³/mol. The Kier molecular flexibility index (Phi) is 19.2. The molecule has 0 aromatic carbocycles. The van der Waals surface area contributed by atoms with Gasteiger partial charge in [-0.25, -0.2) is 0 Å². The molecule has 0 amide bonds. The molecular weight excluding hydrogens is 406 g/mol. The fourth-order valence-electron chi connectivity index (χ4n) is 0.825. The van der Waals surface area contributed by atoms with Crippen molar-refractivity contribution >= 4 is 60.6 Å². The van der Waals surface area contributed by atoms with Gasteiger partial charge in [-0.3, -0.25) is 0 Å². The first-order chi connectivity index (χ1) is 10.4. The van der Waals surface area contributed by atoms with Gasteiger partial charge in [0, 0.05) is 39.9 Å². The van der Waals surface area contributed by atoms with Crippen molar-refractivity contribution in [1.82, 2.24) is 0 Å². The number of thioether (sulfide) groups is 2. The summed E-state index contributed by atoms with van der Waals surface area (Å²) >= 11 is 13.3. The standard InChI is InChI=1S/2C5H13O3PS2/c2*1-6-9(10,7-2)8-4-5-11-3/h2*4-5H2,1-3H3. The minimum Gasteiger partial charge on any atom is -0.312 e. The summed E-state index contributed by atoms with van der Waals surface area (Å²) in [5.74, 6) is 1.82. The van der Waals surface area contributed by atoms with Crippen molar-refractivity contribution in [3.63, 3.8) is 0 Å². The predicted octanol–water partition coefficient (Wildman–Crippen LogP) is 3.77. The molecule has 0 aliphatic rings. The maximum Gasteiger partial charge on any atom is 0.326 e. The van der Waals surface area contributed by atoms with E-state index in [1.807, 2.05) is 12.5 Å². The Labute approximate surface area is 153 Å². The highest BCUT2D eigenvalue weighted by molar-refractivity contribution is 8.07. The summed E-state index contributed by atoms with van der Waals surface area (Å²) in [4.78, 5) is 0. The van der Waals surface area contributed by atoms with E-state index in [4.69, 9.17) is 50.8 Å². The Balaban J connectivity index is 0. The Bertz CT molecular complexity index is 299. The van der Waals surface area contributed by atoms with Crippen molar-refractivity contribution in [3.8, 4) is 0 Å². The Morgan fingerprint density at radius 1 is 0.682 bits per heavy atom. The molecule has 0 atom stereocenters. The minimum absolute atomic E-state index is 0.583. The van der Waals surface area contributed by atoms with Crippen molar-refractivity contribution in [3.05, 3.63) is 0 Å². The van der Waals surface area contributed by atoms with Crippen LogP contribution < -0.4 is 0 Å². The van der Waals surface area contributed by atoms with E-state index in [2.05, 4.69) is 0 Å². The highest BCUT2D eigenvalue weighted by Crippen LogP contribution is 2.48. The molecule has 22 heavy (non-hydrogen) atoms. The van der Waals surface area contributed by atoms with Crippen LogP contribution in [-0.2, 0) is 50.8 Å². The first-order valence-corrected chi connectivity index (χ1v) is 14.0. The van der Waals surface area contributed by atoms with E-state index < -0.39 is 13.4 Å². The summed E-state index contributed by atoms with van der Waals surface area (Å²) in [7, 11) is 6.01. The second kappa shape index (κ2) is 16.2. The normalized spacial score (nSPS) is 11.9. The molecule has 0 aliphatic heterocycles. The van der Waals surface area contributed by atoms with Gasteiger partial charge in [0.1, 0.15) is 0 Å². The summed E-state index contributed by atoms with van der Waals surface area (Å²) in [6.45, 7) is -3.61. The third-order valence-electron chi connectivity index (χ3n) is 1.97. The van der Waals surface area contributed by atoms with Crippen molar-refractivity contribution in [2.24, 2.45) is 0 Å². The molecule has 0 saturated heterocycles. The van der Waals surface area contributed by atoms with Gasteiger partial charge in [-0.2, -0.15) is 23.5 Å². The average Bonchev–Trinajstić information content (AvgIpc) is 2.55. The van der Waals surface area contributed by atoms with E-state index >= 15 is 0 Å². The van der Waals surface area contributed by atoms with E-state index in [0.717, 1.165) is 11.5 Å². The summed E-state index contributed by atoms with van der Waals surface area (Å²) in [6.07, 6.45) is 4.01. The highest BCUT2D eigenvalue weighted by Gasteiger charge is 2.15. The third kappa shape index (κ3) is 14.1. The van der Waals surface area contributed by atoms with Crippen molar-refractivity contribution in [2.45, 2.75) is 0 Å². The van der Waals surface area contributed by atoms with Gasteiger partial charge < -0.3 is 27.1 Å². The van der Waals surface area contributed by atoms with Crippen molar-refractivity contribution < 1.29 is 27.1 Å². The van der Waals surface area contributed by atoms with Crippen LogP contribution in [0.1, 0.15) is 0 Å². The van der Waals surface area contributed by atoms with Crippen LogP contribution in [0.5, 0.6) is 0 Å². The second-order valence-electron chi connectivity index (χ2n) is 3.28. The lowest BCUT2D eigenvalue weighted by Gasteiger charge is -2.16. The van der Waals surface area contributed by atoms with Gasteiger partial charge in [-0.15, -0.1) is 0 Å². The van der Waals surface area contributed by atoms with Crippen LogP contribution in [-0.4, -0.2) is 65.7 Å². The quantitative estimate of drug-likeness (QED) is 0.336. The molecule has 0 unspecified atom stereocenters. The molecule has 6 nitrogen and oxygen atoms in total. The number of hydrogen-bond acceptors (Lipinski definition) is 10. The summed E-state index contributed by atoms with van der Waals surface area (Å²) in [5.41, 5.74) is 0. The lowest BCUT2D eigenvalue weighted by molar-refractivity contribution is 0.211. The molecule has 0 aliphatic carbocycles. The monoisotopic (exact) mass is 432 g/mol. The van der Waals surface area contributed by atoms with Gasteiger partial charge in [0.25, 0.3) is 0 Å². The summed E-state index contributed by atoms with van der Waals surface area (Å²) < 4.78 is 30.1. The molecule has 0 saturated carbocycles. The van der Waals surface area contributed by atoms with Crippen molar-refractivity contribution in [2.75, 3.05) is 65.7 Å². The fraction of sp³-hybridized carbons (Fsp3) is 1.00. The van der Waals surface area contributed by atoms with Gasteiger partial charge in [-0.05, 0) is 36.1 Å². The van der Waals surface area contributed by atoms with E-state index in [0.29, 0.717) is 13.2 Å². The van der Waals surface area contributed by atoms with E-state index in [-0.39, 0.29) is 0 Å². The molecule has 0 aromatic heterocycles. The topological polar surface area (TPSA) is 55.4 Å². The highest BCUT2D eigenvalue weighted by atomic mass is 32.5. The van der Waals surface area contributed by atoms with Crippen LogP contribution in [0.4, 0.5) is 0 Å². The van der Waals surface area contributed by atoms with E-state index in [1.54, 1.807) is 23.5 Å². The SMILES string of the molecule is COP(=S)(OC)OCCSC.COP(=S)(OC)OCCSC. The average molecular weight is 433 g/mol. The Morgan fingerprint density at radius 2 is 0.955 bits per heavy atom. The molecule has 0 N–H and O–H groups in total. The summed E-state index contributed by atoms with van der Waals surface area (Å²) in [5, 5.41) is 0. The Hall–Kier alpha value is 1.76. The minimum atomic E-state index is -2.39. The van der Waals surface area contributed by atoms with Gasteiger partial charge in [0.15, 0.2) is 0 Å². The second-order valence-corrected chi connectivity index (χ2v) is 11.7. The maximum absolute atomic E-state index is 5.23. The molecule has 0 fully saturated rings. The molecule has 0 spiro atoms. The molecular formula is C10H26O6P2S4.